The molecule has 2 aliphatic heterocycles. The Hall–Kier alpha value is -2.50. The molecule has 0 N–H and O–H groups in total. The van der Waals surface area contributed by atoms with Gasteiger partial charge >= 0.3 is 0 Å². The van der Waals surface area contributed by atoms with Crippen molar-refractivity contribution in [3.8, 4) is 6.07 Å². The second-order valence-corrected chi connectivity index (χ2v) is 6.30. The molecule has 0 radical (unpaired) electrons. The third kappa shape index (κ3) is 3.48. The lowest BCUT2D eigenvalue weighted by atomic mass is 10.2. The molecule has 0 bridgehead atoms. The molecule has 2 aromatic heterocycles. The van der Waals surface area contributed by atoms with E-state index in [4.69, 9.17) is 9.26 Å². The summed E-state index contributed by atoms with van der Waals surface area (Å²) in [5.41, 5.74) is 0.621. The van der Waals surface area contributed by atoms with Crippen molar-refractivity contribution in [2.75, 3.05) is 37.7 Å². The number of hydrogen-bond donors (Lipinski definition) is 0. The van der Waals surface area contributed by atoms with E-state index in [0.717, 1.165) is 51.4 Å². The normalized spacial score (nSPS) is 21.4. The van der Waals surface area contributed by atoms with Gasteiger partial charge in [-0.2, -0.15) is 10.2 Å². The monoisotopic (exact) mass is 340 g/mol. The molecule has 0 unspecified atom stereocenters. The standard InChI is InChI=1S/C17H20N6O2/c18-11-13-3-1-5-19-16(13)23-8-6-22(7-9-23)12-15-20-17(25-21-15)14-4-2-10-24-14/h1,3,5,14H,2,4,6-10,12H2/t14-/m0/s1. The average Bonchev–Trinajstić information content (AvgIpc) is 3.34. The summed E-state index contributed by atoms with van der Waals surface area (Å²) in [4.78, 5) is 13.3. The number of anilines is 1. The van der Waals surface area contributed by atoms with Gasteiger partial charge < -0.3 is 14.2 Å². The van der Waals surface area contributed by atoms with Crippen LogP contribution in [-0.4, -0.2) is 52.8 Å². The van der Waals surface area contributed by atoms with E-state index >= 15 is 0 Å². The molecule has 2 fully saturated rings. The van der Waals surface area contributed by atoms with E-state index < -0.39 is 0 Å². The van der Waals surface area contributed by atoms with Crippen LogP contribution in [0, 0.1) is 11.3 Å². The second kappa shape index (κ2) is 7.17. The van der Waals surface area contributed by atoms with Crippen molar-refractivity contribution >= 4 is 5.82 Å². The maximum atomic E-state index is 9.22. The predicted octanol–water partition coefficient (Wildman–Crippen LogP) is 1.51. The third-order valence-electron chi connectivity index (χ3n) is 4.63. The number of piperazine rings is 1. The summed E-state index contributed by atoms with van der Waals surface area (Å²) in [6, 6.07) is 5.81. The molecule has 0 spiro atoms. The van der Waals surface area contributed by atoms with E-state index in [1.165, 1.54) is 0 Å². The first-order valence-electron chi connectivity index (χ1n) is 8.60. The van der Waals surface area contributed by atoms with Crippen LogP contribution in [0.5, 0.6) is 0 Å². The first-order chi connectivity index (χ1) is 12.3. The van der Waals surface area contributed by atoms with Gasteiger partial charge in [0.25, 0.3) is 5.89 Å². The molecule has 0 aliphatic carbocycles. The summed E-state index contributed by atoms with van der Waals surface area (Å²) in [6.45, 7) is 4.81. The molecular formula is C17H20N6O2. The van der Waals surface area contributed by atoms with E-state index in [2.05, 4.69) is 31.0 Å². The molecule has 0 amide bonds. The largest absolute Gasteiger partial charge is 0.368 e. The lowest BCUT2D eigenvalue weighted by Crippen LogP contribution is -2.46. The molecule has 2 aliphatic rings. The molecule has 4 heterocycles. The van der Waals surface area contributed by atoms with Crippen molar-refractivity contribution in [1.29, 1.82) is 5.26 Å². The van der Waals surface area contributed by atoms with E-state index in [0.29, 0.717) is 23.8 Å². The van der Waals surface area contributed by atoms with Gasteiger partial charge in [0.05, 0.1) is 12.1 Å². The van der Waals surface area contributed by atoms with Crippen molar-refractivity contribution in [2.45, 2.75) is 25.5 Å². The Morgan fingerprint density at radius 2 is 2.16 bits per heavy atom. The summed E-state index contributed by atoms with van der Waals surface area (Å²) < 4.78 is 10.9. The van der Waals surface area contributed by atoms with Crippen LogP contribution in [0.2, 0.25) is 0 Å². The first-order valence-corrected chi connectivity index (χ1v) is 8.60. The molecule has 8 nitrogen and oxygen atoms in total. The van der Waals surface area contributed by atoms with Crippen LogP contribution >= 0.6 is 0 Å². The minimum Gasteiger partial charge on any atom is -0.368 e. The molecule has 2 saturated heterocycles. The number of aromatic nitrogens is 3. The second-order valence-electron chi connectivity index (χ2n) is 6.30. The highest BCUT2D eigenvalue weighted by atomic mass is 16.5. The van der Waals surface area contributed by atoms with Gasteiger partial charge in [-0.3, -0.25) is 4.90 Å². The van der Waals surface area contributed by atoms with E-state index in [-0.39, 0.29) is 6.10 Å². The molecule has 25 heavy (non-hydrogen) atoms. The van der Waals surface area contributed by atoms with Crippen molar-refractivity contribution in [1.82, 2.24) is 20.0 Å². The van der Waals surface area contributed by atoms with Crippen LogP contribution in [-0.2, 0) is 11.3 Å². The molecule has 0 saturated carbocycles. The summed E-state index contributed by atoms with van der Waals surface area (Å²) in [6.07, 6.45) is 3.69. The molecule has 2 aromatic rings. The number of nitrogens with zero attached hydrogens (tertiary/aromatic N) is 6. The van der Waals surface area contributed by atoms with Gasteiger partial charge in [0.1, 0.15) is 18.0 Å². The zero-order chi connectivity index (χ0) is 17.1. The fraction of sp³-hybridized carbons (Fsp3) is 0.529. The minimum absolute atomic E-state index is 0.0355. The van der Waals surface area contributed by atoms with Crippen molar-refractivity contribution in [3.63, 3.8) is 0 Å². The van der Waals surface area contributed by atoms with Crippen LogP contribution in [0.25, 0.3) is 0 Å². The average molecular weight is 340 g/mol. The molecule has 130 valence electrons. The van der Waals surface area contributed by atoms with E-state index in [1.54, 1.807) is 18.3 Å². The Morgan fingerprint density at radius 3 is 2.92 bits per heavy atom. The highest BCUT2D eigenvalue weighted by Gasteiger charge is 2.25. The predicted molar refractivity (Wildman–Crippen MR) is 88.7 cm³/mol. The molecule has 0 aromatic carbocycles. The van der Waals surface area contributed by atoms with Crippen LogP contribution < -0.4 is 4.90 Å². The number of hydrogen-bond acceptors (Lipinski definition) is 8. The van der Waals surface area contributed by atoms with E-state index in [1.807, 2.05) is 0 Å². The van der Waals surface area contributed by atoms with Crippen LogP contribution in [0.15, 0.2) is 22.9 Å². The Bertz CT molecular complexity index is 756. The molecular weight excluding hydrogens is 320 g/mol. The highest BCUT2D eigenvalue weighted by Crippen LogP contribution is 2.27. The van der Waals surface area contributed by atoms with Crippen LogP contribution in [0.3, 0.4) is 0 Å². The SMILES string of the molecule is N#Cc1cccnc1N1CCN(Cc2noc([C@@H]3CCCO3)n2)CC1. The van der Waals surface area contributed by atoms with Gasteiger partial charge in [-0.25, -0.2) is 4.98 Å². The van der Waals surface area contributed by atoms with Gasteiger partial charge in [0.2, 0.25) is 0 Å². The van der Waals surface area contributed by atoms with Gasteiger partial charge in [-0.1, -0.05) is 5.16 Å². The molecule has 4 rings (SSSR count). The molecule has 1 atom stereocenters. The summed E-state index contributed by atoms with van der Waals surface area (Å²) in [5, 5.41) is 13.3. The fourth-order valence-corrected chi connectivity index (χ4v) is 3.29. The van der Waals surface area contributed by atoms with Gasteiger partial charge in [0, 0.05) is 39.0 Å². The first kappa shape index (κ1) is 16.0. The third-order valence-corrected chi connectivity index (χ3v) is 4.63. The Balaban J connectivity index is 1.34. The zero-order valence-electron chi connectivity index (χ0n) is 14.0. The topological polar surface area (TPSA) is 91.3 Å². The van der Waals surface area contributed by atoms with Gasteiger partial charge in [-0.15, -0.1) is 0 Å². The Kier molecular flexibility index (Phi) is 4.59. The van der Waals surface area contributed by atoms with Gasteiger partial charge in [-0.05, 0) is 25.0 Å². The highest BCUT2D eigenvalue weighted by molar-refractivity contribution is 5.53. The van der Waals surface area contributed by atoms with Crippen molar-refractivity contribution < 1.29 is 9.26 Å². The summed E-state index contributed by atoms with van der Waals surface area (Å²) >= 11 is 0. The van der Waals surface area contributed by atoms with Gasteiger partial charge in [0.15, 0.2) is 5.82 Å². The van der Waals surface area contributed by atoms with Crippen LogP contribution in [0.4, 0.5) is 5.82 Å². The quantitative estimate of drug-likeness (QED) is 0.827. The van der Waals surface area contributed by atoms with Crippen LogP contribution in [0.1, 0.15) is 36.2 Å². The lowest BCUT2D eigenvalue weighted by Gasteiger charge is -2.35. The minimum atomic E-state index is -0.0355. The number of rotatable bonds is 4. The Labute approximate surface area is 146 Å². The zero-order valence-corrected chi connectivity index (χ0v) is 14.0. The lowest BCUT2D eigenvalue weighted by molar-refractivity contribution is 0.0835. The summed E-state index contributed by atoms with van der Waals surface area (Å²) in [7, 11) is 0. The smallest absolute Gasteiger partial charge is 0.255 e. The fourth-order valence-electron chi connectivity index (χ4n) is 3.29. The maximum Gasteiger partial charge on any atom is 0.255 e. The van der Waals surface area contributed by atoms with E-state index in [9.17, 15) is 5.26 Å². The summed E-state index contributed by atoms with van der Waals surface area (Å²) in [5.74, 6) is 2.07. The number of nitriles is 1. The van der Waals surface area contributed by atoms with Crippen molar-refractivity contribution in [2.24, 2.45) is 0 Å². The van der Waals surface area contributed by atoms with Crippen molar-refractivity contribution in [3.05, 3.63) is 35.6 Å². The number of ether oxygens (including phenoxy) is 1. The number of pyridine rings is 1. The molecule has 8 heteroatoms. The Morgan fingerprint density at radius 1 is 1.28 bits per heavy atom. The maximum absolute atomic E-state index is 9.22.